The fourth-order valence-corrected chi connectivity index (χ4v) is 2.40. The summed E-state index contributed by atoms with van der Waals surface area (Å²) < 4.78 is 23.6. The number of anilines is 1. The molecule has 0 unspecified atom stereocenters. The Morgan fingerprint density at radius 2 is 2.24 bits per heavy atom. The lowest BCUT2D eigenvalue weighted by atomic mass is 10.2. The van der Waals surface area contributed by atoms with E-state index < -0.39 is 12.6 Å². The maximum atomic E-state index is 13.2. The van der Waals surface area contributed by atoms with Gasteiger partial charge in [0, 0.05) is 13.1 Å². The number of H-pyrrole nitrogens is 1. The Hall–Kier alpha value is -1.54. The van der Waals surface area contributed by atoms with Gasteiger partial charge in [0.15, 0.2) is 0 Å². The fraction of sp³-hybridized carbons (Fsp3) is 0.615. The zero-order valence-electron chi connectivity index (χ0n) is 11.9. The van der Waals surface area contributed by atoms with E-state index in [1.54, 1.807) is 6.92 Å². The summed E-state index contributed by atoms with van der Waals surface area (Å²) in [5.74, 6) is 0.578. The molecule has 0 aromatic carbocycles. The van der Waals surface area contributed by atoms with Crippen LogP contribution in [0.1, 0.15) is 18.3 Å². The summed E-state index contributed by atoms with van der Waals surface area (Å²) in [5, 5.41) is 0. The third-order valence-corrected chi connectivity index (χ3v) is 3.46. The van der Waals surface area contributed by atoms with Crippen molar-refractivity contribution in [2.75, 3.05) is 37.8 Å². The van der Waals surface area contributed by atoms with Crippen molar-refractivity contribution in [3.05, 3.63) is 16.0 Å². The number of nitrogens with zero attached hydrogens (tertiary/aromatic N) is 2. The maximum absolute atomic E-state index is 13.2. The summed E-state index contributed by atoms with van der Waals surface area (Å²) in [6, 6.07) is 0. The van der Waals surface area contributed by atoms with E-state index in [9.17, 15) is 9.18 Å². The van der Waals surface area contributed by atoms with Crippen LogP contribution in [0, 0.1) is 4.64 Å². The second kappa shape index (κ2) is 7.46. The van der Waals surface area contributed by atoms with Gasteiger partial charge in [0.05, 0.1) is 25.4 Å². The molecule has 21 heavy (non-hydrogen) atoms. The summed E-state index contributed by atoms with van der Waals surface area (Å²) in [4.78, 5) is 20.6. The number of halogens is 1. The Morgan fingerprint density at radius 3 is 2.86 bits per heavy atom. The number of aromatic amines is 1. The SMILES string of the molecule is CCOC(=O)Cc1nc(=S)c(CF)c(N2CCOCC2)[nH]1. The van der Waals surface area contributed by atoms with Crippen molar-refractivity contribution >= 4 is 24.0 Å². The third kappa shape index (κ3) is 3.98. The molecule has 1 aromatic heterocycles. The summed E-state index contributed by atoms with van der Waals surface area (Å²) in [7, 11) is 0. The van der Waals surface area contributed by atoms with Crippen LogP contribution in [0.25, 0.3) is 0 Å². The molecule has 6 nitrogen and oxygen atoms in total. The van der Waals surface area contributed by atoms with Gasteiger partial charge in [0.2, 0.25) is 0 Å². The zero-order chi connectivity index (χ0) is 15.2. The highest BCUT2D eigenvalue weighted by Gasteiger charge is 2.19. The van der Waals surface area contributed by atoms with Crippen LogP contribution >= 0.6 is 12.2 Å². The van der Waals surface area contributed by atoms with Crippen molar-refractivity contribution < 1.29 is 18.7 Å². The smallest absolute Gasteiger partial charge is 0.313 e. The lowest BCUT2D eigenvalue weighted by Gasteiger charge is -2.30. The number of ether oxygens (including phenoxy) is 2. The fourth-order valence-electron chi connectivity index (χ4n) is 2.14. The van der Waals surface area contributed by atoms with Crippen LogP contribution in [0.3, 0.4) is 0 Å². The quantitative estimate of drug-likeness (QED) is 0.657. The monoisotopic (exact) mass is 315 g/mol. The molecule has 0 saturated carbocycles. The number of esters is 1. The Balaban J connectivity index is 2.30. The van der Waals surface area contributed by atoms with Crippen molar-refractivity contribution in [1.29, 1.82) is 0 Å². The van der Waals surface area contributed by atoms with Gasteiger partial charge >= 0.3 is 5.97 Å². The minimum Gasteiger partial charge on any atom is -0.466 e. The zero-order valence-corrected chi connectivity index (χ0v) is 12.7. The van der Waals surface area contributed by atoms with Gasteiger partial charge in [-0.3, -0.25) is 4.79 Å². The lowest BCUT2D eigenvalue weighted by Crippen LogP contribution is -2.37. The largest absolute Gasteiger partial charge is 0.466 e. The molecule has 0 radical (unpaired) electrons. The van der Waals surface area contributed by atoms with E-state index in [0.29, 0.717) is 50.1 Å². The molecule has 0 aliphatic carbocycles. The minimum atomic E-state index is -0.700. The number of nitrogens with one attached hydrogen (secondary N) is 1. The van der Waals surface area contributed by atoms with E-state index >= 15 is 0 Å². The van der Waals surface area contributed by atoms with Crippen molar-refractivity contribution in [3.63, 3.8) is 0 Å². The van der Waals surface area contributed by atoms with Gasteiger partial charge in [0.1, 0.15) is 29.4 Å². The molecular formula is C13H18FN3O3S. The Morgan fingerprint density at radius 1 is 1.52 bits per heavy atom. The molecule has 1 fully saturated rings. The van der Waals surface area contributed by atoms with Crippen molar-refractivity contribution in [2.24, 2.45) is 0 Å². The molecule has 0 spiro atoms. The van der Waals surface area contributed by atoms with Gasteiger partial charge in [0.25, 0.3) is 0 Å². The lowest BCUT2D eigenvalue weighted by molar-refractivity contribution is -0.142. The van der Waals surface area contributed by atoms with E-state index in [2.05, 4.69) is 9.97 Å². The number of hydrogen-bond donors (Lipinski definition) is 1. The number of hydrogen-bond acceptors (Lipinski definition) is 6. The summed E-state index contributed by atoms with van der Waals surface area (Å²) in [5.41, 5.74) is 0.347. The standard InChI is InChI=1S/C13H18FN3O3S/c1-2-20-11(18)7-10-15-12(9(8-14)13(21)16-10)17-3-5-19-6-4-17/h2-8H2,1H3,(H,15,16,21). The molecular weight excluding hydrogens is 297 g/mol. The molecule has 0 atom stereocenters. The number of aromatic nitrogens is 2. The molecule has 1 aromatic rings. The molecule has 1 aliphatic rings. The maximum Gasteiger partial charge on any atom is 0.313 e. The van der Waals surface area contributed by atoms with Gasteiger partial charge in [-0.2, -0.15) is 0 Å². The van der Waals surface area contributed by atoms with Crippen LogP contribution in [0.2, 0.25) is 0 Å². The highest BCUT2D eigenvalue weighted by Crippen LogP contribution is 2.21. The number of alkyl halides is 1. The molecule has 2 heterocycles. The second-order valence-electron chi connectivity index (χ2n) is 4.53. The molecule has 8 heteroatoms. The van der Waals surface area contributed by atoms with Crippen LogP contribution < -0.4 is 4.90 Å². The van der Waals surface area contributed by atoms with Crippen molar-refractivity contribution in [3.8, 4) is 0 Å². The van der Waals surface area contributed by atoms with Gasteiger partial charge in [-0.05, 0) is 6.92 Å². The second-order valence-corrected chi connectivity index (χ2v) is 4.92. The molecule has 2 rings (SSSR count). The molecule has 0 amide bonds. The average Bonchev–Trinajstić information content (AvgIpc) is 2.48. The summed E-state index contributed by atoms with van der Waals surface area (Å²) >= 11 is 5.13. The van der Waals surface area contributed by atoms with Crippen molar-refractivity contribution in [1.82, 2.24) is 9.97 Å². The van der Waals surface area contributed by atoms with Crippen molar-refractivity contribution in [2.45, 2.75) is 20.0 Å². The normalized spacial score (nSPS) is 15.0. The molecule has 1 aliphatic heterocycles. The summed E-state index contributed by atoms with van der Waals surface area (Å²) in [6.45, 7) is 3.76. The third-order valence-electron chi connectivity index (χ3n) is 3.12. The summed E-state index contributed by atoms with van der Waals surface area (Å²) in [6.07, 6.45) is -0.0125. The van der Waals surface area contributed by atoms with Crippen LogP contribution in [0.4, 0.5) is 10.2 Å². The average molecular weight is 315 g/mol. The molecule has 1 N–H and O–H groups in total. The first-order valence-corrected chi connectivity index (χ1v) is 7.22. The number of carbonyl (C=O) groups is 1. The van der Waals surface area contributed by atoms with E-state index in [4.69, 9.17) is 21.7 Å². The van der Waals surface area contributed by atoms with Gasteiger partial charge < -0.3 is 19.4 Å². The number of rotatable bonds is 5. The topological polar surface area (TPSA) is 67.4 Å². The van der Waals surface area contributed by atoms with Crippen LogP contribution in [0.15, 0.2) is 0 Å². The van der Waals surface area contributed by atoms with Gasteiger partial charge in [-0.25, -0.2) is 9.37 Å². The first-order chi connectivity index (χ1) is 10.2. The predicted molar refractivity (Wildman–Crippen MR) is 77.6 cm³/mol. The first kappa shape index (κ1) is 15.8. The van der Waals surface area contributed by atoms with Crippen LogP contribution in [-0.2, 0) is 27.4 Å². The van der Waals surface area contributed by atoms with Gasteiger partial charge in [-0.15, -0.1) is 0 Å². The number of carbonyl (C=O) groups excluding carboxylic acids is 1. The minimum absolute atomic E-state index is 0.0125. The van der Waals surface area contributed by atoms with Gasteiger partial charge in [-0.1, -0.05) is 12.2 Å². The van der Waals surface area contributed by atoms with E-state index in [0.717, 1.165) is 0 Å². The van der Waals surface area contributed by atoms with Crippen LogP contribution in [0.5, 0.6) is 0 Å². The Kier molecular flexibility index (Phi) is 5.63. The Bertz CT molecular complexity index is 558. The number of morpholine rings is 1. The molecule has 1 saturated heterocycles. The molecule has 116 valence electrons. The van der Waals surface area contributed by atoms with Crippen LogP contribution in [-0.4, -0.2) is 48.8 Å². The predicted octanol–water partition coefficient (Wildman–Crippen LogP) is 1.55. The van der Waals surface area contributed by atoms with E-state index in [1.807, 2.05) is 4.90 Å². The highest BCUT2D eigenvalue weighted by atomic mass is 32.1. The first-order valence-electron chi connectivity index (χ1n) is 6.82. The highest BCUT2D eigenvalue weighted by molar-refractivity contribution is 7.71. The molecule has 0 bridgehead atoms. The van der Waals surface area contributed by atoms with E-state index in [-0.39, 0.29) is 11.1 Å². The van der Waals surface area contributed by atoms with E-state index in [1.165, 1.54) is 0 Å². The Labute approximate surface area is 127 Å².